The van der Waals surface area contributed by atoms with Crippen LogP contribution in [0, 0.1) is 0 Å². The van der Waals surface area contributed by atoms with Crippen molar-refractivity contribution >= 4 is 35.2 Å². The Balaban J connectivity index is 1.22. The average molecular weight is 697 g/mol. The lowest BCUT2D eigenvalue weighted by atomic mass is 9.99. The molecule has 5 rings (SSSR count). The SMILES string of the molecule is CC(=O)Nc1ccc(SCC2CC(c3ccc(CO)cc3)OC(c3ccc(-c4cccc(CNC(=O)CCCCCC(=O)O)c4)cc3)O2)cc1. The molecule has 50 heavy (non-hydrogen) atoms. The highest BCUT2D eigenvalue weighted by Gasteiger charge is 2.32. The van der Waals surface area contributed by atoms with E-state index in [4.69, 9.17) is 14.6 Å². The fourth-order valence-corrected chi connectivity index (χ4v) is 6.69. The zero-order chi connectivity index (χ0) is 35.3. The Morgan fingerprint density at radius 2 is 1.52 bits per heavy atom. The molecule has 262 valence electrons. The van der Waals surface area contributed by atoms with Crippen LogP contribution in [0.25, 0.3) is 11.1 Å². The third-order valence-electron chi connectivity index (χ3n) is 8.45. The summed E-state index contributed by atoms with van der Waals surface area (Å²) >= 11 is 1.70. The minimum absolute atomic E-state index is 0.0149. The van der Waals surface area contributed by atoms with E-state index in [1.807, 2.05) is 78.9 Å². The molecule has 4 aromatic rings. The van der Waals surface area contributed by atoms with Gasteiger partial charge in [-0.25, -0.2) is 0 Å². The fourth-order valence-electron chi connectivity index (χ4n) is 5.77. The summed E-state index contributed by atoms with van der Waals surface area (Å²) in [5, 5.41) is 24.0. The van der Waals surface area contributed by atoms with Crippen molar-refractivity contribution in [3.05, 3.63) is 119 Å². The molecule has 2 amide bonds. The largest absolute Gasteiger partial charge is 0.481 e. The molecule has 1 saturated heterocycles. The second kappa shape index (κ2) is 18.5. The number of carbonyl (C=O) groups is 3. The highest BCUT2D eigenvalue weighted by molar-refractivity contribution is 7.99. The minimum Gasteiger partial charge on any atom is -0.481 e. The number of anilines is 1. The number of carboxylic acid groups (broad SMARTS) is 1. The molecule has 0 saturated carbocycles. The summed E-state index contributed by atoms with van der Waals surface area (Å²) in [5.74, 6) is -0.232. The van der Waals surface area contributed by atoms with Crippen molar-refractivity contribution < 1.29 is 34.1 Å². The topological polar surface area (TPSA) is 134 Å². The maximum Gasteiger partial charge on any atom is 0.303 e. The molecule has 1 heterocycles. The number of carboxylic acids is 1. The first-order valence-corrected chi connectivity index (χ1v) is 17.9. The van der Waals surface area contributed by atoms with Crippen LogP contribution in [0.1, 0.15) is 80.1 Å². The van der Waals surface area contributed by atoms with E-state index >= 15 is 0 Å². The van der Waals surface area contributed by atoms with E-state index in [1.165, 1.54) is 6.92 Å². The third kappa shape index (κ3) is 11.3. The molecule has 0 aromatic heterocycles. The maximum absolute atomic E-state index is 12.3. The Kier molecular flexibility index (Phi) is 13.6. The molecule has 3 atom stereocenters. The smallest absolute Gasteiger partial charge is 0.303 e. The molecule has 1 aliphatic rings. The number of aliphatic carboxylic acids is 1. The van der Waals surface area contributed by atoms with Crippen LogP contribution in [-0.4, -0.2) is 39.9 Å². The number of rotatable bonds is 16. The fraction of sp³-hybridized carbons (Fsp3) is 0.325. The van der Waals surface area contributed by atoms with E-state index in [0.717, 1.165) is 56.1 Å². The minimum atomic E-state index is -0.807. The van der Waals surface area contributed by atoms with Crippen LogP contribution in [0.4, 0.5) is 5.69 Å². The summed E-state index contributed by atoms with van der Waals surface area (Å²) in [6, 6.07) is 31.9. The van der Waals surface area contributed by atoms with E-state index in [0.29, 0.717) is 32.2 Å². The molecule has 10 heteroatoms. The Morgan fingerprint density at radius 3 is 2.22 bits per heavy atom. The normalized spacial score (nSPS) is 17.2. The average Bonchev–Trinajstić information content (AvgIpc) is 3.13. The summed E-state index contributed by atoms with van der Waals surface area (Å²) in [4.78, 5) is 35.4. The van der Waals surface area contributed by atoms with E-state index in [2.05, 4.69) is 28.8 Å². The van der Waals surface area contributed by atoms with Gasteiger partial charge >= 0.3 is 5.97 Å². The summed E-state index contributed by atoms with van der Waals surface area (Å²) in [6.07, 6.45) is 2.32. The number of hydrogen-bond donors (Lipinski definition) is 4. The van der Waals surface area contributed by atoms with Gasteiger partial charge in [0.2, 0.25) is 11.8 Å². The van der Waals surface area contributed by atoms with Crippen LogP contribution in [0.5, 0.6) is 0 Å². The number of carbonyl (C=O) groups excluding carboxylic acids is 2. The summed E-state index contributed by atoms with van der Waals surface area (Å²) < 4.78 is 13.1. The van der Waals surface area contributed by atoms with Gasteiger partial charge in [-0.3, -0.25) is 14.4 Å². The van der Waals surface area contributed by atoms with Crippen molar-refractivity contribution in [2.75, 3.05) is 11.1 Å². The third-order valence-corrected chi connectivity index (χ3v) is 9.60. The summed E-state index contributed by atoms with van der Waals surface area (Å²) in [7, 11) is 0. The molecular weight excluding hydrogens is 653 g/mol. The van der Waals surface area contributed by atoms with E-state index in [1.54, 1.807) is 11.8 Å². The van der Waals surface area contributed by atoms with Gasteiger partial charge in [-0.1, -0.05) is 73.2 Å². The van der Waals surface area contributed by atoms with Crippen molar-refractivity contribution in [1.82, 2.24) is 5.32 Å². The van der Waals surface area contributed by atoms with Crippen LogP contribution in [0.2, 0.25) is 0 Å². The predicted octanol–water partition coefficient (Wildman–Crippen LogP) is 7.79. The van der Waals surface area contributed by atoms with E-state index in [9.17, 15) is 19.5 Å². The Labute approximate surface area is 297 Å². The number of hydrogen-bond acceptors (Lipinski definition) is 7. The van der Waals surface area contributed by atoms with Gasteiger partial charge in [0.15, 0.2) is 6.29 Å². The molecule has 0 spiro atoms. The second-order valence-electron chi connectivity index (χ2n) is 12.4. The molecule has 0 bridgehead atoms. The van der Waals surface area contributed by atoms with Gasteiger partial charge < -0.3 is 30.3 Å². The zero-order valence-corrected chi connectivity index (χ0v) is 29.0. The Hall–Kier alpha value is -4.48. The molecule has 1 fully saturated rings. The van der Waals surface area contributed by atoms with Crippen LogP contribution in [0.15, 0.2) is 102 Å². The number of aliphatic hydroxyl groups excluding tert-OH is 1. The van der Waals surface area contributed by atoms with E-state index in [-0.39, 0.29) is 37.0 Å². The molecular formula is C40H44N2O7S. The highest BCUT2D eigenvalue weighted by Crippen LogP contribution is 2.40. The van der Waals surface area contributed by atoms with Crippen LogP contribution in [-0.2, 0) is 37.0 Å². The van der Waals surface area contributed by atoms with Crippen molar-refractivity contribution in [1.29, 1.82) is 0 Å². The van der Waals surface area contributed by atoms with Crippen molar-refractivity contribution in [2.45, 2.75) is 82.0 Å². The van der Waals surface area contributed by atoms with Gasteiger partial charge in [0, 0.05) is 54.6 Å². The highest BCUT2D eigenvalue weighted by atomic mass is 32.2. The van der Waals surface area contributed by atoms with Crippen molar-refractivity contribution in [3.8, 4) is 11.1 Å². The van der Waals surface area contributed by atoms with Crippen LogP contribution < -0.4 is 10.6 Å². The molecule has 0 radical (unpaired) electrons. The van der Waals surface area contributed by atoms with Gasteiger partial charge in [-0.2, -0.15) is 0 Å². The summed E-state index contributed by atoms with van der Waals surface area (Å²) in [6.45, 7) is 1.90. The first kappa shape index (κ1) is 36.8. The van der Waals surface area contributed by atoms with Gasteiger partial charge in [-0.05, 0) is 71.0 Å². The lowest BCUT2D eigenvalue weighted by Crippen LogP contribution is -2.31. The number of ether oxygens (including phenoxy) is 2. The second-order valence-corrected chi connectivity index (χ2v) is 13.5. The number of thioether (sulfide) groups is 1. The number of aliphatic hydroxyl groups is 1. The Morgan fingerprint density at radius 1 is 0.800 bits per heavy atom. The van der Waals surface area contributed by atoms with Crippen LogP contribution >= 0.6 is 11.8 Å². The number of benzene rings is 4. The standard InChI is InChI=1S/C40H44N2O7S/c1-27(44)42-34-18-20-36(21-19-34)50-26-35-23-37(31-12-10-28(25-43)11-13-31)49-40(48-35)32-16-14-30(15-17-32)33-7-5-6-29(22-33)24-41-38(45)8-3-2-4-9-39(46)47/h5-7,10-22,35,37,40,43H,2-4,8-9,23-26H2,1H3,(H,41,45)(H,42,44)(H,46,47). The lowest BCUT2D eigenvalue weighted by Gasteiger charge is -2.36. The first-order valence-electron chi connectivity index (χ1n) is 16.9. The van der Waals surface area contributed by atoms with Gasteiger partial charge in [0.1, 0.15) is 0 Å². The number of amides is 2. The molecule has 3 unspecified atom stereocenters. The number of unbranched alkanes of at least 4 members (excludes halogenated alkanes) is 2. The zero-order valence-electron chi connectivity index (χ0n) is 28.2. The molecule has 4 aromatic carbocycles. The molecule has 4 N–H and O–H groups in total. The van der Waals surface area contributed by atoms with Gasteiger partial charge in [0.05, 0.1) is 18.8 Å². The Bertz CT molecular complexity index is 1710. The summed E-state index contributed by atoms with van der Waals surface area (Å²) in [5.41, 5.74) is 6.60. The van der Waals surface area contributed by atoms with Crippen molar-refractivity contribution in [3.63, 3.8) is 0 Å². The molecule has 0 aliphatic carbocycles. The van der Waals surface area contributed by atoms with Gasteiger partial charge in [-0.15, -0.1) is 11.8 Å². The monoisotopic (exact) mass is 696 g/mol. The molecule has 1 aliphatic heterocycles. The quantitative estimate of drug-likeness (QED) is 0.0689. The van der Waals surface area contributed by atoms with Crippen molar-refractivity contribution in [2.24, 2.45) is 0 Å². The predicted molar refractivity (Wildman–Crippen MR) is 194 cm³/mol. The van der Waals surface area contributed by atoms with Crippen LogP contribution in [0.3, 0.4) is 0 Å². The maximum atomic E-state index is 12.3. The van der Waals surface area contributed by atoms with E-state index < -0.39 is 12.3 Å². The first-order chi connectivity index (χ1) is 24.2. The van der Waals surface area contributed by atoms with Gasteiger partial charge in [0.25, 0.3) is 0 Å². The lowest BCUT2D eigenvalue weighted by molar-refractivity contribution is -0.245. The number of nitrogens with one attached hydrogen (secondary N) is 2. The molecule has 9 nitrogen and oxygen atoms in total.